The SMILES string of the molecule is CNc1cc(N2CCOCC2)c(C(=O)Nc2ccc(C)cc2)cc1N. The van der Waals surface area contributed by atoms with Crippen LogP contribution in [0.5, 0.6) is 0 Å². The quantitative estimate of drug-likeness (QED) is 0.746. The molecule has 1 amide bonds. The third-order valence-electron chi connectivity index (χ3n) is 4.34. The Morgan fingerprint density at radius 1 is 1.16 bits per heavy atom. The molecule has 0 radical (unpaired) electrons. The summed E-state index contributed by atoms with van der Waals surface area (Å²) in [7, 11) is 1.82. The zero-order valence-electron chi connectivity index (χ0n) is 14.6. The number of nitrogens with two attached hydrogens (primary N) is 1. The first-order valence-corrected chi connectivity index (χ1v) is 8.40. The molecular formula is C19H24N4O2. The number of aryl methyl sites for hydroxylation is 1. The van der Waals surface area contributed by atoms with Gasteiger partial charge in [0.05, 0.1) is 35.8 Å². The van der Waals surface area contributed by atoms with Crippen molar-refractivity contribution in [3.63, 3.8) is 0 Å². The summed E-state index contributed by atoms with van der Waals surface area (Å²) >= 11 is 0. The van der Waals surface area contributed by atoms with E-state index >= 15 is 0 Å². The van der Waals surface area contributed by atoms with Crippen LogP contribution >= 0.6 is 0 Å². The molecule has 1 fully saturated rings. The highest BCUT2D eigenvalue weighted by molar-refractivity contribution is 6.09. The Balaban J connectivity index is 1.93. The molecular weight excluding hydrogens is 316 g/mol. The van der Waals surface area contributed by atoms with Crippen molar-refractivity contribution in [2.24, 2.45) is 0 Å². The van der Waals surface area contributed by atoms with Crippen molar-refractivity contribution in [3.05, 3.63) is 47.5 Å². The monoisotopic (exact) mass is 340 g/mol. The van der Waals surface area contributed by atoms with Crippen LogP contribution in [0.3, 0.4) is 0 Å². The second kappa shape index (κ2) is 7.44. The molecule has 0 bridgehead atoms. The fourth-order valence-electron chi connectivity index (χ4n) is 2.90. The van der Waals surface area contributed by atoms with Gasteiger partial charge >= 0.3 is 0 Å². The highest BCUT2D eigenvalue weighted by Crippen LogP contribution is 2.31. The van der Waals surface area contributed by atoms with Gasteiger partial charge in [0, 0.05) is 25.8 Å². The number of hydrogen-bond acceptors (Lipinski definition) is 5. The molecule has 1 heterocycles. The van der Waals surface area contributed by atoms with Crippen LogP contribution in [-0.4, -0.2) is 39.3 Å². The summed E-state index contributed by atoms with van der Waals surface area (Å²) in [5, 5.41) is 6.04. The van der Waals surface area contributed by atoms with Crippen LogP contribution in [0.2, 0.25) is 0 Å². The molecule has 0 aliphatic carbocycles. The van der Waals surface area contributed by atoms with Crippen molar-refractivity contribution >= 4 is 28.7 Å². The van der Waals surface area contributed by atoms with Crippen LogP contribution in [0.25, 0.3) is 0 Å². The lowest BCUT2D eigenvalue weighted by molar-refractivity contribution is 0.102. The molecule has 0 spiro atoms. The lowest BCUT2D eigenvalue weighted by atomic mass is 10.1. The minimum absolute atomic E-state index is 0.167. The van der Waals surface area contributed by atoms with Crippen LogP contribution in [0, 0.1) is 6.92 Å². The number of nitrogen functional groups attached to an aromatic ring is 1. The Morgan fingerprint density at radius 2 is 1.84 bits per heavy atom. The lowest BCUT2D eigenvalue weighted by Gasteiger charge is -2.31. The van der Waals surface area contributed by atoms with E-state index in [1.165, 1.54) is 0 Å². The van der Waals surface area contributed by atoms with Gasteiger partial charge in [-0.3, -0.25) is 4.79 Å². The molecule has 1 aliphatic heterocycles. The number of morpholine rings is 1. The van der Waals surface area contributed by atoms with E-state index in [0.717, 1.165) is 35.7 Å². The Labute approximate surface area is 148 Å². The van der Waals surface area contributed by atoms with Crippen LogP contribution in [0.1, 0.15) is 15.9 Å². The largest absolute Gasteiger partial charge is 0.397 e. The third kappa shape index (κ3) is 3.85. The molecule has 0 atom stereocenters. The minimum atomic E-state index is -0.167. The summed E-state index contributed by atoms with van der Waals surface area (Å²) < 4.78 is 5.43. The lowest BCUT2D eigenvalue weighted by Crippen LogP contribution is -2.37. The van der Waals surface area contributed by atoms with Gasteiger partial charge in [0.15, 0.2) is 0 Å². The predicted molar refractivity (Wildman–Crippen MR) is 103 cm³/mol. The van der Waals surface area contributed by atoms with E-state index in [1.807, 2.05) is 44.3 Å². The van der Waals surface area contributed by atoms with E-state index in [9.17, 15) is 4.79 Å². The normalized spacial score (nSPS) is 14.2. The van der Waals surface area contributed by atoms with Crippen LogP contribution < -0.4 is 21.3 Å². The number of nitrogens with one attached hydrogen (secondary N) is 2. The predicted octanol–water partition coefficient (Wildman–Crippen LogP) is 2.71. The van der Waals surface area contributed by atoms with Gasteiger partial charge in [0.1, 0.15) is 0 Å². The highest BCUT2D eigenvalue weighted by Gasteiger charge is 2.21. The minimum Gasteiger partial charge on any atom is -0.397 e. The van der Waals surface area contributed by atoms with Crippen molar-refractivity contribution in [2.75, 3.05) is 54.6 Å². The molecule has 25 heavy (non-hydrogen) atoms. The Bertz CT molecular complexity index is 753. The van der Waals surface area contributed by atoms with Crippen molar-refractivity contribution in [3.8, 4) is 0 Å². The smallest absolute Gasteiger partial charge is 0.257 e. The summed E-state index contributed by atoms with van der Waals surface area (Å²) in [5.41, 5.74) is 10.8. The number of rotatable bonds is 4. The summed E-state index contributed by atoms with van der Waals surface area (Å²) in [6.07, 6.45) is 0. The van der Waals surface area contributed by atoms with Crippen molar-refractivity contribution in [1.29, 1.82) is 0 Å². The molecule has 6 nitrogen and oxygen atoms in total. The fourth-order valence-corrected chi connectivity index (χ4v) is 2.90. The average Bonchev–Trinajstić information content (AvgIpc) is 2.64. The van der Waals surface area contributed by atoms with Gasteiger partial charge in [-0.1, -0.05) is 17.7 Å². The number of anilines is 4. The first-order valence-electron chi connectivity index (χ1n) is 8.40. The third-order valence-corrected chi connectivity index (χ3v) is 4.34. The maximum Gasteiger partial charge on any atom is 0.257 e. The molecule has 0 unspecified atom stereocenters. The molecule has 3 rings (SSSR count). The number of amides is 1. The average molecular weight is 340 g/mol. The summed E-state index contributed by atoms with van der Waals surface area (Å²) in [6.45, 7) is 4.81. The summed E-state index contributed by atoms with van der Waals surface area (Å²) in [6, 6.07) is 11.4. The molecule has 1 aliphatic rings. The molecule has 132 valence electrons. The maximum absolute atomic E-state index is 12.9. The van der Waals surface area contributed by atoms with Gasteiger partial charge in [-0.25, -0.2) is 0 Å². The van der Waals surface area contributed by atoms with Gasteiger partial charge < -0.3 is 26.0 Å². The van der Waals surface area contributed by atoms with Gasteiger partial charge in [-0.05, 0) is 31.2 Å². The van der Waals surface area contributed by atoms with Crippen molar-refractivity contribution in [2.45, 2.75) is 6.92 Å². The number of benzene rings is 2. The standard InChI is InChI=1S/C19H24N4O2/c1-13-3-5-14(6-4-13)22-19(24)15-11-16(20)17(21-2)12-18(15)23-7-9-25-10-8-23/h3-6,11-12,21H,7-10,20H2,1-2H3,(H,22,24). The number of carbonyl (C=O) groups is 1. The molecule has 6 heteroatoms. The molecule has 1 saturated heterocycles. The summed E-state index contributed by atoms with van der Waals surface area (Å²) in [4.78, 5) is 15.0. The van der Waals surface area contributed by atoms with Crippen LogP contribution in [0.4, 0.5) is 22.7 Å². The van der Waals surface area contributed by atoms with E-state index in [-0.39, 0.29) is 5.91 Å². The van der Waals surface area contributed by atoms with E-state index in [4.69, 9.17) is 10.5 Å². The zero-order chi connectivity index (χ0) is 17.8. The number of nitrogens with zero attached hydrogens (tertiary/aromatic N) is 1. The fraction of sp³-hybridized carbons (Fsp3) is 0.316. The molecule has 2 aromatic carbocycles. The molecule has 2 aromatic rings. The van der Waals surface area contributed by atoms with Gasteiger partial charge in [0.25, 0.3) is 5.91 Å². The molecule has 0 aromatic heterocycles. The van der Waals surface area contributed by atoms with E-state index < -0.39 is 0 Å². The van der Waals surface area contributed by atoms with Gasteiger partial charge in [-0.15, -0.1) is 0 Å². The molecule has 0 saturated carbocycles. The van der Waals surface area contributed by atoms with Crippen LogP contribution in [0.15, 0.2) is 36.4 Å². The Morgan fingerprint density at radius 3 is 2.48 bits per heavy atom. The summed E-state index contributed by atoms with van der Waals surface area (Å²) in [5.74, 6) is -0.167. The molecule has 4 N–H and O–H groups in total. The number of carbonyl (C=O) groups excluding carboxylic acids is 1. The zero-order valence-corrected chi connectivity index (χ0v) is 14.6. The Kier molecular flexibility index (Phi) is 5.09. The van der Waals surface area contributed by atoms with Gasteiger partial charge in [0.2, 0.25) is 0 Å². The van der Waals surface area contributed by atoms with Crippen molar-refractivity contribution in [1.82, 2.24) is 0 Å². The van der Waals surface area contributed by atoms with E-state index in [2.05, 4.69) is 15.5 Å². The second-order valence-electron chi connectivity index (χ2n) is 6.13. The first kappa shape index (κ1) is 17.1. The van der Waals surface area contributed by atoms with Gasteiger partial charge in [-0.2, -0.15) is 0 Å². The van der Waals surface area contributed by atoms with E-state index in [1.54, 1.807) is 6.07 Å². The number of hydrogen-bond donors (Lipinski definition) is 3. The van der Waals surface area contributed by atoms with Crippen LogP contribution in [-0.2, 0) is 4.74 Å². The van der Waals surface area contributed by atoms with Crippen molar-refractivity contribution < 1.29 is 9.53 Å². The second-order valence-corrected chi connectivity index (χ2v) is 6.13. The van der Waals surface area contributed by atoms with E-state index in [0.29, 0.717) is 24.5 Å². The Hall–Kier alpha value is -2.73. The number of ether oxygens (including phenoxy) is 1. The first-order chi connectivity index (χ1) is 12.1. The highest BCUT2D eigenvalue weighted by atomic mass is 16.5. The maximum atomic E-state index is 12.9. The topological polar surface area (TPSA) is 79.6 Å².